The van der Waals surface area contributed by atoms with Crippen molar-refractivity contribution in [3.05, 3.63) is 23.9 Å². The van der Waals surface area contributed by atoms with Crippen LogP contribution in [0.3, 0.4) is 0 Å². The number of aromatic nitrogens is 1. The van der Waals surface area contributed by atoms with Crippen molar-refractivity contribution in [2.75, 3.05) is 37.6 Å². The summed E-state index contributed by atoms with van der Waals surface area (Å²) in [6.45, 7) is 15.3. The lowest BCUT2D eigenvalue weighted by Crippen LogP contribution is -2.45. The Labute approximate surface area is 163 Å². The van der Waals surface area contributed by atoms with E-state index in [0.29, 0.717) is 19.1 Å². The highest BCUT2D eigenvalue weighted by Crippen LogP contribution is 2.18. The molecule has 0 aliphatic carbocycles. The summed E-state index contributed by atoms with van der Waals surface area (Å²) in [4.78, 5) is 21.1. The fourth-order valence-electron chi connectivity index (χ4n) is 3.53. The predicted molar refractivity (Wildman–Crippen MR) is 109 cm³/mol. The number of urea groups is 1. The molecule has 2 heterocycles. The maximum Gasteiger partial charge on any atom is 0.315 e. The molecular formula is C20H35N5O2. The molecule has 2 amide bonds. The average molecular weight is 378 g/mol. The minimum atomic E-state index is -0.145. The van der Waals surface area contributed by atoms with Crippen LogP contribution in [0.1, 0.15) is 40.2 Å². The van der Waals surface area contributed by atoms with E-state index in [1.807, 2.05) is 18.3 Å². The number of morpholine rings is 1. The van der Waals surface area contributed by atoms with Gasteiger partial charge in [-0.1, -0.05) is 19.9 Å². The molecule has 1 fully saturated rings. The highest BCUT2D eigenvalue weighted by Gasteiger charge is 2.23. The molecule has 0 radical (unpaired) electrons. The zero-order chi connectivity index (χ0) is 19.8. The van der Waals surface area contributed by atoms with Gasteiger partial charge in [-0.3, -0.25) is 4.90 Å². The number of nitrogens with one attached hydrogen (secondary N) is 2. The fraction of sp³-hybridized carbons (Fsp3) is 0.700. The number of ether oxygens (including phenoxy) is 1. The Morgan fingerprint density at radius 1 is 1.26 bits per heavy atom. The number of likely N-dealkylation sites (N-methyl/N-ethyl adjacent to an activating group) is 1. The van der Waals surface area contributed by atoms with Gasteiger partial charge >= 0.3 is 6.03 Å². The van der Waals surface area contributed by atoms with E-state index in [2.05, 4.69) is 60.0 Å². The normalized spacial score (nSPS) is 21.2. The highest BCUT2D eigenvalue weighted by molar-refractivity contribution is 5.73. The Kier molecular flexibility index (Phi) is 8.31. The van der Waals surface area contributed by atoms with Crippen LogP contribution in [0, 0.1) is 0 Å². The van der Waals surface area contributed by atoms with Gasteiger partial charge in [0.25, 0.3) is 0 Å². The number of pyridine rings is 1. The van der Waals surface area contributed by atoms with Gasteiger partial charge in [-0.15, -0.1) is 0 Å². The quantitative estimate of drug-likeness (QED) is 0.727. The molecule has 1 aromatic heterocycles. The van der Waals surface area contributed by atoms with Crippen molar-refractivity contribution in [2.24, 2.45) is 0 Å². The number of carbonyl (C=O) groups excluding carboxylic acids is 1. The van der Waals surface area contributed by atoms with Crippen LogP contribution in [-0.2, 0) is 11.3 Å². The third kappa shape index (κ3) is 6.66. The largest absolute Gasteiger partial charge is 0.372 e. The van der Waals surface area contributed by atoms with Gasteiger partial charge in [0.1, 0.15) is 5.82 Å². The molecule has 1 aliphatic rings. The van der Waals surface area contributed by atoms with E-state index in [-0.39, 0.29) is 18.2 Å². The monoisotopic (exact) mass is 377 g/mol. The third-order valence-electron chi connectivity index (χ3n) is 5.00. The van der Waals surface area contributed by atoms with Gasteiger partial charge in [0.2, 0.25) is 0 Å². The molecule has 3 atom stereocenters. The molecule has 0 aromatic carbocycles. The summed E-state index contributed by atoms with van der Waals surface area (Å²) in [6.07, 6.45) is 2.25. The SMILES string of the molecule is CCN(CC)C(C)CNC(=O)NCc1ccc(N2CC(C)OC(C)C2)nc1. The lowest BCUT2D eigenvalue weighted by atomic mass is 10.2. The summed E-state index contributed by atoms with van der Waals surface area (Å²) in [5.74, 6) is 0.957. The van der Waals surface area contributed by atoms with Crippen LogP contribution in [0.5, 0.6) is 0 Å². The number of nitrogens with zero attached hydrogens (tertiary/aromatic N) is 3. The summed E-state index contributed by atoms with van der Waals surface area (Å²) in [5, 5.41) is 5.84. The summed E-state index contributed by atoms with van der Waals surface area (Å²) in [5.41, 5.74) is 0.986. The summed E-state index contributed by atoms with van der Waals surface area (Å²) in [6, 6.07) is 4.22. The Bertz CT molecular complexity index is 566. The zero-order valence-corrected chi connectivity index (χ0v) is 17.4. The van der Waals surface area contributed by atoms with Crippen molar-refractivity contribution in [2.45, 2.75) is 59.4 Å². The lowest BCUT2D eigenvalue weighted by molar-refractivity contribution is -0.00546. The van der Waals surface area contributed by atoms with E-state index < -0.39 is 0 Å². The second-order valence-electron chi connectivity index (χ2n) is 7.32. The van der Waals surface area contributed by atoms with Gasteiger partial charge < -0.3 is 20.3 Å². The Morgan fingerprint density at radius 3 is 2.48 bits per heavy atom. The van der Waals surface area contributed by atoms with E-state index in [9.17, 15) is 4.79 Å². The second kappa shape index (κ2) is 10.5. The molecule has 27 heavy (non-hydrogen) atoms. The molecule has 0 spiro atoms. The number of amides is 2. The Hall–Kier alpha value is -1.86. The van der Waals surface area contributed by atoms with Crippen LogP contribution in [-0.4, -0.2) is 66.9 Å². The molecule has 0 bridgehead atoms. The van der Waals surface area contributed by atoms with Crippen LogP contribution >= 0.6 is 0 Å². The number of hydrogen-bond donors (Lipinski definition) is 2. The number of rotatable bonds is 8. The molecule has 3 unspecified atom stereocenters. The van der Waals surface area contributed by atoms with Gasteiger partial charge in [0.15, 0.2) is 0 Å². The van der Waals surface area contributed by atoms with Crippen molar-refractivity contribution in [3.8, 4) is 0 Å². The van der Waals surface area contributed by atoms with Crippen LogP contribution in [0.4, 0.5) is 10.6 Å². The first-order valence-corrected chi connectivity index (χ1v) is 10.0. The molecule has 2 N–H and O–H groups in total. The van der Waals surface area contributed by atoms with Crippen LogP contribution < -0.4 is 15.5 Å². The molecule has 7 heteroatoms. The van der Waals surface area contributed by atoms with E-state index in [4.69, 9.17) is 4.74 Å². The van der Waals surface area contributed by atoms with Crippen molar-refractivity contribution < 1.29 is 9.53 Å². The molecule has 1 aliphatic heterocycles. The molecular weight excluding hydrogens is 342 g/mol. The number of carbonyl (C=O) groups is 1. The average Bonchev–Trinajstić information content (AvgIpc) is 2.65. The Balaban J connectivity index is 1.77. The van der Waals surface area contributed by atoms with Crippen LogP contribution in [0.15, 0.2) is 18.3 Å². The van der Waals surface area contributed by atoms with Crippen molar-refractivity contribution >= 4 is 11.8 Å². The van der Waals surface area contributed by atoms with E-state index in [0.717, 1.165) is 37.6 Å². The molecule has 152 valence electrons. The summed E-state index contributed by atoms with van der Waals surface area (Å²) in [7, 11) is 0. The first-order valence-electron chi connectivity index (χ1n) is 10.0. The summed E-state index contributed by atoms with van der Waals surface area (Å²) < 4.78 is 5.77. The third-order valence-corrected chi connectivity index (χ3v) is 5.00. The maximum absolute atomic E-state index is 12.0. The molecule has 1 saturated heterocycles. The van der Waals surface area contributed by atoms with E-state index >= 15 is 0 Å². The van der Waals surface area contributed by atoms with Crippen LogP contribution in [0.2, 0.25) is 0 Å². The minimum absolute atomic E-state index is 0.145. The van der Waals surface area contributed by atoms with Gasteiger partial charge in [0, 0.05) is 38.4 Å². The fourth-order valence-corrected chi connectivity index (χ4v) is 3.53. The minimum Gasteiger partial charge on any atom is -0.372 e. The van der Waals surface area contributed by atoms with Crippen molar-refractivity contribution in [1.29, 1.82) is 0 Å². The first kappa shape index (κ1) is 21.4. The van der Waals surface area contributed by atoms with Gasteiger partial charge in [-0.2, -0.15) is 0 Å². The molecule has 7 nitrogen and oxygen atoms in total. The summed E-state index contributed by atoms with van der Waals surface area (Å²) >= 11 is 0. The molecule has 1 aromatic rings. The number of hydrogen-bond acceptors (Lipinski definition) is 5. The molecule has 2 rings (SSSR count). The van der Waals surface area contributed by atoms with Crippen LogP contribution in [0.25, 0.3) is 0 Å². The second-order valence-corrected chi connectivity index (χ2v) is 7.32. The Morgan fingerprint density at radius 2 is 1.93 bits per heavy atom. The molecule has 0 saturated carbocycles. The van der Waals surface area contributed by atoms with Crippen molar-refractivity contribution in [1.82, 2.24) is 20.5 Å². The number of anilines is 1. The van der Waals surface area contributed by atoms with E-state index in [1.54, 1.807) is 0 Å². The first-order chi connectivity index (χ1) is 12.9. The highest BCUT2D eigenvalue weighted by atomic mass is 16.5. The van der Waals surface area contributed by atoms with Gasteiger partial charge in [-0.25, -0.2) is 9.78 Å². The van der Waals surface area contributed by atoms with Gasteiger partial charge in [-0.05, 0) is 45.5 Å². The van der Waals surface area contributed by atoms with Gasteiger partial charge in [0.05, 0.1) is 12.2 Å². The zero-order valence-electron chi connectivity index (χ0n) is 17.4. The smallest absolute Gasteiger partial charge is 0.315 e. The standard InChI is InChI=1S/C20H35N5O2/c1-6-24(7-2)15(3)10-22-20(26)23-12-18-8-9-19(21-11-18)25-13-16(4)27-17(5)14-25/h8-9,11,15-17H,6-7,10,12-14H2,1-5H3,(H2,22,23,26). The van der Waals surface area contributed by atoms with E-state index in [1.165, 1.54) is 0 Å². The topological polar surface area (TPSA) is 69.7 Å². The van der Waals surface area contributed by atoms with Crippen molar-refractivity contribution in [3.63, 3.8) is 0 Å². The maximum atomic E-state index is 12.0. The lowest BCUT2D eigenvalue weighted by Gasteiger charge is -2.36. The predicted octanol–water partition coefficient (Wildman–Crippen LogP) is 2.22.